The van der Waals surface area contributed by atoms with E-state index in [1.165, 1.54) is 0 Å². The van der Waals surface area contributed by atoms with Crippen molar-refractivity contribution in [3.8, 4) is 11.5 Å². The van der Waals surface area contributed by atoms with Gasteiger partial charge in [-0.3, -0.25) is 0 Å². The third-order valence-electron chi connectivity index (χ3n) is 3.58. The van der Waals surface area contributed by atoms with Crippen LogP contribution in [0.5, 0.6) is 11.5 Å². The first-order chi connectivity index (χ1) is 8.69. The average molecular weight is 251 g/mol. The second-order valence-electron chi connectivity index (χ2n) is 4.70. The van der Waals surface area contributed by atoms with Crippen LogP contribution >= 0.6 is 0 Å². The number of benzene rings is 1. The fourth-order valence-corrected chi connectivity index (χ4v) is 2.47. The van der Waals surface area contributed by atoms with Crippen molar-refractivity contribution < 1.29 is 14.6 Å². The van der Waals surface area contributed by atoms with Crippen molar-refractivity contribution in [2.45, 2.75) is 24.9 Å². The number of aliphatic hydroxyl groups is 1. The van der Waals surface area contributed by atoms with Crippen molar-refractivity contribution in [2.75, 3.05) is 27.3 Å². The van der Waals surface area contributed by atoms with Crippen LogP contribution in [-0.2, 0) is 5.60 Å². The highest BCUT2D eigenvalue weighted by Gasteiger charge is 2.30. The fourth-order valence-electron chi connectivity index (χ4n) is 2.47. The van der Waals surface area contributed by atoms with E-state index in [1.54, 1.807) is 14.2 Å². The predicted molar refractivity (Wildman–Crippen MR) is 70.2 cm³/mol. The van der Waals surface area contributed by atoms with Crippen LogP contribution in [0.25, 0.3) is 0 Å². The first kappa shape index (κ1) is 13.2. The highest BCUT2D eigenvalue weighted by Crippen LogP contribution is 2.36. The number of methoxy groups -OCH3 is 2. The van der Waals surface area contributed by atoms with Crippen molar-refractivity contribution in [2.24, 2.45) is 0 Å². The molecule has 1 unspecified atom stereocenters. The van der Waals surface area contributed by atoms with E-state index in [0.29, 0.717) is 11.5 Å². The number of hydrogen-bond acceptors (Lipinski definition) is 4. The molecule has 1 aliphatic heterocycles. The number of nitrogens with one attached hydrogen (secondary N) is 1. The van der Waals surface area contributed by atoms with Crippen LogP contribution in [-0.4, -0.2) is 32.4 Å². The molecule has 4 heteroatoms. The maximum absolute atomic E-state index is 10.8. The third-order valence-corrected chi connectivity index (χ3v) is 3.58. The molecule has 1 saturated heterocycles. The summed E-state index contributed by atoms with van der Waals surface area (Å²) in [6.45, 7) is 1.81. The minimum atomic E-state index is -0.761. The van der Waals surface area contributed by atoms with E-state index in [0.717, 1.165) is 37.9 Å². The lowest BCUT2D eigenvalue weighted by Gasteiger charge is -2.27. The van der Waals surface area contributed by atoms with Crippen LogP contribution < -0.4 is 14.8 Å². The van der Waals surface area contributed by atoms with Crippen molar-refractivity contribution in [1.29, 1.82) is 0 Å². The van der Waals surface area contributed by atoms with Gasteiger partial charge in [-0.15, -0.1) is 0 Å². The van der Waals surface area contributed by atoms with E-state index in [-0.39, 0.29) is 0 Å². The zero-order chi connectivity index (χ0) is 13.0. The molecule has 2 N–H and O–H groups in total. The Morgan fingerprint density at radius 1 is 1.11 bits per heavy atom. The normalized spacial score (nSPS) is 24.4. The summed E-state index contributed by atoms with van der Waals surface area (Å²) in [5.74, 6) is 1.36. The summed E-state index contributed by atoms with van der Waals surface area (Å²) in [6, 6.07) is 5.65. The van der Waals surface area contributed by atoms with Gasteiger partial charge < -0.3 is 19.9 Å². The lowest BCUT2D eigenvalue weighted by atomic mass is 9.86. The monoisotopic (exact) mass is 251 g/mol. The molecule has 1 aromatic rings. The van der Waals surface area contributed by atoms with Crippen LogP contribution in [0.4, 0.5) is 0 Å². The molecule has 1 heterocycles. The molecule has 0 bridgehead atoms. The standard InChI is InChI=1S/C14H21NO3/c1-17-12-5-4-11(10-13(12)18-2)14(16)6-3-8-15-9-7-14/h4-5,10,15-16H,3,6-9H2,1-2H3. The Labute approximate surface area is 108 Å². The Balaban J connectivity index is 2.31. The van der Waals surface area contributed by atoms with E-state index in [4.69, 9.17) is 9.47 Å². The molecule has 1 atom stereocenters. The molecule has 4 nitrogen and oxygen atoms in total. The lowest BCUT2D eigenvalue weighted by molar-refractivity contribution is 0.0238. The molecule has 1 aromatic carbocycles. The second-order valence-corrected chi connectivity index (χ2v) is 4.70. The summed E-state index contributed by atoms with van der Waals surface area (Å²) < 4.78 is 10.5. The highest BCUT2D eigenvalue weighted by atomic mass is 16.5. The largest absolute Gasteiger partial charge is 0.493 e. The van der Waals surface area contributed by atoms with Gasteiger partial charge >= 0.3 is 0 Å². The predicted octanol–water partition coefficient (Wildman–Crippen LogP) is 1.66. The van der Waals surface area contributed by atoms with E-state index in [2.05, 4.69) is 5.32 Å². The molecule has 0 radical (unpaired) electrons. The first-order valence-electron chi connectivity index (χ1n) is 6.35. The smallest absolute Gasteiger partial charge is 0.161 e. The topological polar surface area (TPSA) is 50.7 Å². The van der Waals surface area contributed by atoms with Crippen LogP contribution in [0.1, 0.15) is 24.8 Å². The van der Waals surface area contributed by atoms with Gasteiger partial charge in [0.25, 0.3) is 0 Å². The van der Waals surface area contributed by atoms with Crippen LogP contribution in [0.3, 0.4) is 0 Å². The zero-order valence-electron chi connectivity index (χ0n) is 11.0. The van der Waals surface area contributed by atoms with Crippen LogP contribution in [0, 0.1) is 0 Å². The molecular weight excluding hydrogens is 230 g/mol. The maximum Gasteiger partial charge on any atom is 0.161 e. The molecule has 0 saturated carbocycles. The molecule has 18 heavy (non-hydrogen) atoms. The van der Waals surface area contributed by atoms with Crippen molar-refractivity contribution in [3.63, 3.8) is 0 Å². The summed E-state index contributed by atoms with van der Waals surface area (Å²) in [6.07, 6.45) is 2.48. The Bertz CT molecular complexity index is 398. The molecule has 0 spiro atoms. The minimum Gasteiger partial charge on any atom is -0.493 e. The van der Waals surface area contributed by atoms with Gasteiger partial charge in [0.15, 0.2) is 11.5 Å². The third kappa shape index (κ3) is 2.60. The van der Waals surface area contributed by atoms with Gasteiger partial charge in [-0.1, -0.05) is 6.07 Å². The molecule has 0 amide bonds. The van der Waals surface area contributed by atoms with E-state index >= 15 is 0 Å². The SMILES string of the molecule is COc1ccc(C2(O)CCCNCC2)cc1OC. The van der Waals surface area contributed by atoms with Gasteiger partial charge in [-0.2, -0.15) is 0 Å². The number of rotatable bonds is 3. The summed E-state index contributed by atoms with van der Waals surface area (Å²) in [5.41, 5.74) is 0.145. The molecule has 0 aliphatic carbocycles. The lowest BCUT2D eigenvalue weighted by Crippen LogP contribution is -2.27. The quantitative estimate of drug-likeness (QED) is 0.858. The van der Waals surface area contributed by atoms with Crippen LogP contribution in [0.15, 0.2) is 18.2 Å². The summed E-state index contributed by atoms with van der Waals surface area (Å²) in [7, 11) is 3.22. The van der Waals surface area contributed by atoms with Crippen molar-refractivity contribution in [3.05, 3.63) is 23.8 Å². The molecule has 1 fully saturated rings. The zero-order valence-corrected chi connectivity index (χ0v) is 11.0. The maximum atomic E-state index is 10.8. The molecular formula is C14H21NO3. The van der Waals surface area contributed by atoms with Crippen molar-refractivity contribution in [1.82, 2.24) is 5.32 Å². The summed E-state index contributed by atoms with van der Waals surface area (Å²) >= 11 is 0. The minimum absolute atomic E-state index is 0.667. The van der Waals surface area contributed by atoms with E-state index in [9.17, 15) is 5.11 Å². The average Bonchev–Trinajstić information content (AvgIpc) is 2.63. The number of ether oxygens (including phenoxy) is 2. The Morgan fingerprint density at radius 3 is 2.61 bits per heavy atom. The summed E-state index contributed by atoms with van der Waals surface area (Å²) in [5, 5.41) is 14.1. The Kier molecular flexibility index (Phi) is 4.09. The Hall–Kier alpha value is -1.26. The molecule has 1 aliphatic rings. The van der Waals surface area contributed by atoms with Gasteiger partial charge in [0, 0.05) is 0 Å². The van der Waals surface area contributed by atoms with Gasteiger partial charge in [0.05, 0.1) is 19.8 Å². The fraction of sp³-hybridized carbons (Fsp3) is 0.571. The summed E-state index contributed by atoms with van der Waals surface area (Å²) in [4.78, 5) is 0. The van der Waals surface area contributed by atoms with E-state index in [1.807, 2.05) is 18.2 Å². The van der Waals surface area contributed by atoms with Gasteiger partial charge in [-0.05, 0) is 50.0 Å². The van der Waals surface area contributed by atoms with Gasteiger partial charge in [0.1, 0.15) is 0 Å². The highest BCUT2D eigenvalue weighted by molar-refractivity contribution is 5.44. The van der Waals surface area contributed by atoms with Crippen molar-refractivity contribution >= 4 is 0 Å². The van der Waals surface area contributed by atoms with Gasteiger partial charge in [-0.25, -0.2) is 0 Å². The molecule has 100 valence electrons. The number of hydrogen-bond donors (Lipinski definition) is 2. The van der Waals surface area contributed by atoms with E-state index < -0.39 is 5.60 Å². The Morgan fingerprint density at radius 2 is 1.89 bits per heavy atom. The van der Waals surface area contributed by atoms with Gasteiger partial charge in [0.2, 0.25) is 0 Å². The van der Waals surface area contributed by atoms with Crippen LogP contribution in [0.2, 0.25) is 0 Å². The molecule has 0 aromatic heterocycles. The second kappa shape index (κ2) is 5.59. The first-order valence-corrected chi connectivity index (χ1v) is 6.35. The molecule has 2 rings (SSSR count).